The zero-order valence-corrected chi connectivity index (χ0v) is 15.7. The monoisotopic (exact) mass is 360 g/mol. The van der Waals surface area contributed by atoms with Crippen molar-refractivity contribution in [1.82, 2.24) is 15.3 Å². The molecule has 3 rings (SSSR count). The van der Waals surface area contributed by atoms with E-state index in [1.807, 2.05) is 30.3 Å². The molecule has 0 radical (unpaired) electrons. The van der Waals surface area contributed by atoms with Crippen molar-refractivity contribution in [1.29, 1.82) is 0 Å². The first kappa shape index (κ1) is 18.6. The summed E-state index contributed by atoms with van der Waals surface area (Å²) in [4.78, 5) is 21.1. The number of para-hydroxylation sites is 1. The molecular weight excluding hydrogens is 336 g/mol. The molecule has 3 aromatic rings. The third-order valence-electron chi connectivity index (χ3n) is 4.42. The molecule has 0 spiro atoms. The second-order valence-corrected chi connectivity index (χ2v) is 6.22. The number of nitrogens with zero attached hydrogens (tertiary/aromatic N) is 2. The van der Waals surface area contributed by atoms with Gasteiger partial charge in [-0.25, -0.2) is 9.97 Å². The van der Waals surface area contributed by atoms with Gasteiger partial charge in [0.15, 0.2) is 0 Å². The minimum atomic E-state index is -0.219. The van der Waals surface area contributed by atoms with Gasteiger partial charge in [0.25, 0.3) is 5.91 Å². The summed E-state index contributed by atoms with van der Waals surface area (Å²) in [5.74, 6) is 0.210. The Labute approximate surface area is 159 Å². The summed E-state index contributed by atoms with van der Waals surface area (Å²) >= 11 is 0. The Balaban J connectivity index is 1.75. The van der Waals surface area contributed by atoms with Crippen LogP contribution in [0.1, 0.15) is 41.0 Å². The number of nitrogens with one attached hydrogen (secondary N) is 2. The SMILES string of the molecule is CCc1cccc(CC)c1Nc1nccc(C(=O)NCc2ccccc2)n1. The predicted octanol–water partition coefficient (Wildman–Crippen LogP) is 4.28. The number of amides is 1. The third-order valence-corrected chi connectivity index (χ3v) is 4.42. The molecule has 1 aromatic heterocycles. The lowest BCUT2D eigenvalue weighted by molar-refractivity contribution is 0.0946. The van der Waals surface area contributed by atoms with Gasteiger partial charge >= 0.3 is 0 Å². The number of hydrogen-bond donors (Lipinski definition) is 2. The first-order valence-electron chi connectivity index (χ1n) is 9.24. The van der Waals surface area contributed by atoms with E-state index in [0.29, 0.717) is 18.2 Å². The van der Waals surface area contributed by atoms with Gasteiger partial charge in [-0.2, -0.15) is 0 Å². The van der Waals surface area contributed by atoms with Crippen molar-refractivity contribution >= 4 is 17.5 Å². The minimum absolute atomic E-state index is 0.219. The largest absolute Gasteiger partial charge is 0.347 e. The number of rotatable bonds is 7. The van der Waals surface area contributed by atoms with E-state index in [0.717, 1.165) is 24.1 Å². The Kier molecular flexibility index (Phi) is 6.15. The van der Waals surface area contributed by atoms with Gasteiger partial charge in [-0.15, -0.1) is 0 Å². The lowest BCUT2D eigenvalue weighted by atomic mass is 10.0. The molecular formula is C22H24N4O. The van der Waals surface area contributed by atoms with Gasteiger partial charge in [-0.1, -0.05) is 62.4 Å². The van der Waals surface area contributed by atoms with Crippen molar-refractivity contribution in [3.05, 3.63) is 83.2 Å². The summed E-state index contributed by atoms with van der Waals surface area (Å²) in [6.45, 7) is 4.70. The van der Waals surface area contributed by atoms with E-state index < -0.39 is 0 Å². The molecule has 5 heteroatoms. The second-order valence-electron chi connectivity index (χ2n) is 6.22. The molecule has 0 aliphatic heterocycles. The molecule has 0 unspecified atom stereocenters. The second kappa shape index (κ2) is 8.94. The highest BCUT2D eigenvalue weighted by Crippen LogP contribution is 2.25. The van der Waals surface area contributed by atoms with Gasteiger partial charge in [0, 0.05) is 18.4 Å². The third kappa shape index (κ3) is 4.70. The van der Waals surface area contributed by atoms with Crippen molar-refractivity contribution < 1.29 is 4.79 Å². The Morgan fingerprint density at radius 2 is 1.63 bits per heavy atom. The van der Waals surface area contributed by atoms with E-state index >= 15 is 0 Å². The maximum atomic E-state index is 12.4. The maximum Gasteiger partial charge on any atom is 0.270 e. The normalized spacial score (nSPS) is 10.4. The molecule has 0 fully saturated rings. The summed E-state index contributed by atoms with van der Waals surface area (Å²) < 4.78 is 0. The van der Waals surface area contributed by atoms with Crippen LogP contribution in [-0.2, 0) is 19.4 Å². The lowest BCUT2D eigenvalue weighted by Gasteiger charge is -2.14. The quantitative estimate of drug-likeness (QED) is 0.660. The first-order valence-corrected chi connectivity index (χ1v) is 9.24. The van der Waals surface area contributed by atoms with Crippen LogP contribution >= 0.6 is 0 Å². The van der Waals surface area contributed by atoms with Crippen LogP contribution in [0, 0.1) is 0 Å². The average molecular weight is 360 g/mol. The number of hydrogen-bond acceptors (Lipinski definition) is 4. The Morgan fingerprint density at radius 1 is 0.926 bits per heavy atom. The van der Waals surface area contributed by atoms with E-state index in [2.05, 4.69) is 52.6 Å². The molecule has 1 amide bonds. The average Bonchev–Trinajstić information content (AvgIpc) is 2.73. The first-order chi connectivity index (χ1) is 13.2. The Morgan fingerprint density at radius 3 is 2.30 bits per heavy atom. The summed E-state index contributed by atoms with van der Waals surface area (Å²) in [5.41, 5.74) is 4.83. The van der Waals surface area contributed by atoms with Crippen molar-refractivity contribution in [2.75, 3.05) is 5.32 Å². The van der Waals surface area contributed by atoms with Gasteiger partial charge in [-0.05, 0) is 35.6 Å². The van der Waals surface area contributed by atoms with Crippen LogP contribution < -0.4 is 10.6 Å². The highest BCUT2D eigenvalue weighted by atomic mass is 16.1. The number of carbonyl (C=O) groups is 1. The molecule has 0 saturated carbocycles. The van der Waals surface area contributed by atoms with Gasteiger partial charge in [-0.3, -0.25) is 4.79 Å². The van der Waals surface area contributed by atoms with Gasteiger partial charge in [0.05, 0.1) is 0 Å². The number of carbonyl (C=O) groups excluding carboxylic acids is 1. The van der Waals surface area contributed by atoms with Crippen molar-refractivity contribution in [3.63, 3.8) is 0 Å². The van der Waals surface area contributed by atoms with Crippen LogP contribution in [0.5, 0.6) is 0 Å². The minimum Gasteiger partial charge on any atom is -0.347 e. The molecule has 0 saturated heterocycles. The maximum absolute atomic E-state index is 12.4. The van der Waals surface area contributed by atoms with E-state index in [-0.39, 0.29) is 5.91 Å². The Bertz CT molecular complexity index is 887. The fourth-order valence-corrected chi connectivity index (χ4v) is 2.93. The zero-order chi connectivity index (χ0) is 19.1. The smallest absolute Gasteiger partial charge is 0.270 e. The molecule has 2 N–H and O–H groups in total. The molecule has 0 atom stereocenters. The van der Waals surface area contributed by atoms with Crippen LogP contribution in [-0.4, -0.2) is 15.9 Å². The molecule has 27 heavy (non-hydrogen) atoms. The van der Waals surface area contributed by atoms with Crippen molar-refractivity contribution in [2.45, 2.75) is 33.2 Å². The van der Waals surface area contributed by atoms with Crippen LogP contribution in [0.15, 0.2) is 60.8 Å². The van der Waals surface area contributed by atoms with Crippen molar-refractivity contribution in [3.8, 4) is 0 Å². The molecule has 0 bridgehead atoms. The van der Waals surface area contributed by atoms with E-state index in [1.165, 1.54) is 11.1 Å². The number of aryl methyl sites for hydroxylation is 2. The lowest BCUT2D eigenvalue weighted by Crippen LogP contribution is -2.24. The molecule has 2 aromatic carbocycles. The van der Waals surface area contributed by atoms with E-state index in [9.17, 15) is 4.79 Å². The number of anilines is 2. The van der Waals surface area contributed by atoms with Crippen LogP contribution in [0.25, 0.3) is 0 Å². The molecule has 138 valence electrons. The standard InChI is InChI=1S/C22H24N4O/c1-3-17-11-8-12-18(4-2)20(17)26-22-23-14-13-19(25-22)21(27)24-15-16-9-6-5-7-10-16/h5-14H,3-4,15H2,1-2H3,(H,24,27)(H,23,25,26). The van der Waals surface area contributed by atoms with Crippen molar-refractivity contribution in [2.24, 2.45) is 0 Å². The van der Waals surface area contributed by atoms with Gasteiger partial charge in [0.2, 0.25) is 5.95 Å². The fraction of sp³-hybridized carbons (Fsp3) is 0.227. The topological polar surface area (TPSA) is 66.9 Å². The molecule has 0 aliphatic carbocycles. The zero-order valence-electron chi connectivity index (χ0n) is 15.7. The Hall–Kier alpha value is -3.21. The van der Waals surface area contributed by atoms with E-state index in [4.69, 9.17) is 0 Å². The summed E-state index contributed by atoms with van der Waals surface area (Å²) in [6, 6.07) is 17.7. The van der Waals surface area contributed by atoms with E-state index in [1.54, 1.807) is 12.3 Å². The molecule has 0 aliphatic rings. The van der Waals surface area contributed by atoms with Gasteiger partial charge in [0.1, 0.15) is 5.69 Å². The number of aromatic nitrogens is 2. The van der Waals surface area contributed by atoms with Crippen LogP contribution in [0.4, 0.5) is 11.6 Å². The summed E-state index contributed by atoms with van der Waals surface area (Å²) in [7, 11) is 0. The molecule has 1 heterocycles. The van der Waals surface area contributed by atoms with Gasteiger partial charge < -0.3 is 10.6 Å². The predicted molar refractivity (Wildman–Crippen MR) is 108 cm³/mol. The highest BCUT2D eigenvalue weighted by molar-refractivity contribution is 5.92. The fourth-order valence-electron chi connectivity index (χ4n) is 2.93. The van der Waals surface area contributed by atoms with Crippen LogP contribution in [0.3, 0.4) is 0 Å². The summed E-state index contributed by atoms with van der Waals surface area (Å²) in [5, 5.41) is 6.20. The molecule has 5 nitrogen and oxygen atoms in total. The number of benzene rings is 2. The van der Waals surface area contributed by atoms with Crippen LogP contribution in [0.2, 0.25) is 0 Å². The summed E-state index contributed by atoms with van der Waals surface area (Å²) in [6.07, 6.45) is 3.42. The highest BCUT2D eigenvalue weighted by Gasteiger charge is 2.11.